The Bertz CT molecular complexity index is 760. The highest BCUT2D eigenvalue weighted by Crippen LogP contribution is 2.37. The zero-order valence-corrected chi connectivity index (χ0v) is 15.4. The zero-order valence-electron chi connectivity index (χ0n) is 15.4. The monoisotopic (exact) mass is 385 g/mol. The lowest BCUT2D eigenvalue weighted by Gasteiger charge is -2.27. The van der Waals surface area contributed by atoms with E-state index in [0.29, 0.717) is 12.8 Å². The van der Waals surface area contributed by atoms with Gasteiger partial charge in [0.05, 0.1) is 11.3 Å². The van der Waals surface area contributed by atoms with Crippen molar-refractivity contribution in [1.82, 2.24) is 4.90 Å². The van der Waals surface area contributed by atoms with Crippen LogP contribution in [-0.4, -0.2) is 53.9 Å². The molecule has 3 amide bonds. The lowest BCUT2D eigenvalue weighted by Crippen LogP contribution is -2.44. The van der Waals surface area contributed by atoms with Gasteiger partial charge in [0.15, 0.2) is 0 Å². The zero-order chi connectivity index (χ0) is 20.4. The number of alkyl halides is 3. The normalized spacial score (nSPS) is 17.4. The molecule has 1 heterocycles. The molecule has 2 rings (SSSR count). The summed E-state index contributed by atoms with van der Waals surface area (Å²) in [6.45, 7) is 3.28. The van der Waals surface area contributed by atoms with Gasteiger partial charge in [-0.05, 0) is 38.8 Å². The van der Waals surface area contributed by atoms with E-state index in [-0.39, 0.29) is 24.4 Å². The van der Waals surface area contributed by atoms with E-state index in [4.69, 9.17) is 5.11 Å². The van der Waals surface area contributed by atoms with Crippen molar-refractivity contribution in [2.45, 2.75) is 38.4 Å². The molecule has 27 heavy (non-hydrogen) atoms. The Hall–Kier alpha value is -2.42. The SMILES string of the molecule is CN=Cc1ccc(N2C(=O)N(CCCCO)C(C)(C)C2=O)cc1C(F)(F)F. The summed E-state index contributed by atoms with van der Waals surface area (Å²) in [6, 6.07) is 2.61. The van der Waals surface area contributed by atoms with Crippen LogP contribution in [0.5, 0.6) is 0 Å². The summed E-state index contributed by atoms with van der Waals surface area (Å²) in [7, 11) is 1.36. The van der Waals surface area contributed by atoms with Gasteiger partial charge in [0.2, 0.25) is 0 Å². The number of imide groups is 1. The van der Waals surface area contributed by atoms with Crippen molar-refractivity contribution in [1.29, 1.82) is 0 Å². The summed E-state index contributed by atoms with van der Waals surface area (Å²) >= 11 is 0. The molecule has 1 fully saturated rings. The Labute approximate surface area is 155 Å². The van der Waals surface area contributed by atoms with E-state index in [1.54, 1.807) is 13.8 Å². The molecule has 0 bridgehead atoms. The number of carbonyl (C=O) groups is 2. The van der Waals surface area contributed by atoms with Gasteiger partial charge in [0.1, 0.15) is 5.54 Å². The number of halogens is 3. The predicted octanol–water partition coefficient (Wildman–Crippen LogP) is 3.07. The van der Waals surface area contributed by atoms with Crippen LogP contribution in [0.2, 0.25) is 0 Å². The third kappa shape index (κ3) is 3.97. The van der Waals surface area contributed by atoms with Crippen LogP contribution in [0.3, 0.4) is 0 Å². The van der Waals surface area contributed by atoms with E-state index in [1.165, 1.54) is 24.1 Å². The molecule has 6 nitrogen and oxygen atoms in total. The largest absolute Gasteiger partial charge is 0.417 e. The molecule has 9 heteroatoms. The van der Waals surface area contributed by atoms with Crippen LogP contribution in [-0.2, 0) is 11.0 Å². The molecule has 0 aromatic heterocycles. The van der Waals surface area contributed by atoms with Crippen molar-refractivity contribution in [3.05, 3.63) is 29.3 Å². The Morgan fingerprint density at radius 2 is 1.89 bits per heavy atom. The fraction of sp³-hybridized carbons (Fsp3) is 0.500. The minimum atomic E-state index is -4.66. The molecule has 0 aliphatic carbocycles. The van der Waals surface area contributed by atoms with Crippen molar-refractivity contribution < 1.29 is 27.9 Å². The number of nitrogens with zero attached hydrogens (tertiary/aromatic N) is 3. The highest BCUT2D eigenvalue weighted by atomic mass is 19.4. The first-order valence-corrected chi connectivity index (χ1v) is 8.46. The first kappa shape index (κ1) is 20.9. The minimum absolute atomic E-state index is 0.0461. The van der Waals surface area contributed by atoms with Gasteiger partial charge in [-0.15, -0.1) is 0 Å². The van der Waals surface area contributed by atoms with Crippen LogP contribution < -0.4 is 4.90 Å². The number of urea groups is 1. The first-order chi connectivity index (χ1) is 12.6. The number of aliphatic imine (C=N–C) groups is 1. The maximum Gasteiger partial charge on any atom is 0.417 e. The molecule has 1 saturated heterocycles. The Morgan fingerprint density at radius 1 is 1.22 bits per heavy atom. The molecule has 1 aromatic carbocycles. The van der Waals surface area contributed by atoms with Crippen LogP contribution in [0.1, 0.15) is 37.8 Å². The molecule has 148 valence electrons. The fourth-order valence-electron chi connectivity index (χ4n) is 3.00. The van der Waals surface area contributed by atoms with Gasteiger partial charge in [-0.3, -0.25) is 9.79 Å². The van der Waals surface area contributed by atoms with Crippen LogP contribution in [0.25, 0.3) is 0 Å². The molecule has 0 spiro atoms. The smallest absolute Gasteiger partial charge is 0.396 e. The number of anilines is 1. The van der Waals surface area contributed by atoms with Gasteiger partial charge in [-0.1, -0.05) is 6.07 Å². The number of amides is 3. The summed E-state index contributed by atoms with van der Waals surface area (Å²) in [4.78, 5) is 31.2. The third-order valence-electron chi connectivity index (χ3n) is 4.48. The number of aliphatic hydroxyl groups excluding tert-OH is 1. The average Bonchev–Trinajstić information content (AvgIpc) is 2.74. The van der Waals surface area contributed by atoms with Crippen LogP contribution >= 0.6 is 0 Å². The number of aliphatic hydroxyl groups is 1. The number of hydrogen-bond donors (Lipinski definition) is 1. The van der Waals surface area contributed by atoms with E-state index in [1.807, 2.05) is 0 Å². The quantitative estimate of drug-likeness (QED) is 0.465. The van der Waals surface area contributed by atoms with Gasteiger partial charge in [-0.25, -0.2) is 9.69 Å². The number of benzene rings is 1. The lowest BCUT2D eigenvalue weighted by molar-refractivity contribution is -0.137. The number of hydrogen-bond acceptors (Lipinski definition) is 4. The Balaban J connectivity index is 2.45. The summed E-state index contributed by atoms with van der Waals surface area (Å²) in [5, 5.41) is 8.90. The molecular formula is C18H22F3N3O3. The van der Waals surface area contributed by atoms with E-state index >= 15 is 0 Å². The summed E-state index contributed by atoms with van der Waals surface area (Å²) in [5.74, 6) is -0.596. The number of unbranched alkanes of at least 4 members (excludes halogenated alkanes) is 1. The maximum atomic E-state index is 13.4. The van der Waals surface area contributed by atoms with Crippen molar-refractivity contribution in [3.8, 4) is 0 Å². The molecule has 1 aliphatic heterocycles. The molecule has 1 aromatic rings. The molecular weight excluding hydrogens is 363 g/mol. The van der Waals surface area contributed by atoms with Gasteiger partial charge >= 0.3 is 12.2 Å². The standard InChI is InChI=1S/C18H22F3N3O3/c1-17(2)15(26)24(16(27)23(17)8-4-5-9-25)13-7-6-12(11-22-3)14(10-13)18(19,20)21/h6-7,10-11,25H,4-5,8-9H2,1-3H3. The van der Waals surface area contributed by atoms with E-state index in [0.717, 1.165) is 17.2 Å². The second-order valence-corrected chi connectivity index (χ2v) is 6.72. The summed E-state index contributed by atoms with van der Waals surface area (Å²) in [5.41, 5.74) is -2.44. The van der Waals surface area contributed by atoms with E-state index in [9.17, 15) is 22.8 Å². The number of rotatable bonds is 6. The van der Waals surface area contributed by atoms with Gasteiger partial charge in [0, 0.05) is 32.0 Å². The second kappa shape index (κ2) is 7.67. The van der Waals surface area contributed by atoms with Gasteiger partial charge in [-0.2, -0.15) is 13.2 Å². The highest BCUT2D eigenvalue weighted by molar-refractivity contribution is 6.23. The third-order valence-corrected chi connectivity index (χ3v) is 4.48. The minimum Gasteiger partial charge on any atom is -0.396 e. The molecule has 0 atom stereocenters. The molecule has 1 N–H and O–H groups in total. The first-order valence-electron chi connectivity index (χ1n) is 8.46. The van der Waals surface area contributed by atoms with Crippen molar-refractivity contribution >= 4 is 23.8 Å². The second-order valence-electron chi connectivity index (χ2n) is 6.72. The average molecular weight is 385 g/mol. The predicted molar refractivity (Wildman–Crippen MR) is 94.9 cm³/mol. The van der Waals surface area contributed by atoms with Crippen molar-refractivity contribution in [2.24, 2.45) is 4.99 Å². The number of carbonyl (C=O) groups excluding carboxylic acids is 2. The molecule has 1 aliphatic rings. The molecule has 0 unspecified atom stereocenters. The fourth-order valence-corrected chi connectivity index (χ4v) is 3.00. The van der Waals surface area contributed by atoms with Crippen LogP contribution in [0.4, 0.5) is 23.7 Å². The maximum absolute atomic E-state index is 13.4. The van der Waals surface area contributed by atoms with Crippen LogP contribution in [0.15, 0.2) is 23.2 Å². The Kier molecular flexibility index (Phi) is 5.94. The van der Waals surface area contributed by atoms with Crippen molar-refractivity contribution in [2.75, 3.05) is 25.1 Å². The van der Waals surface area contributed by atoms with Gasteiger partial charge < -0.3 is 10.0 Å². The summed E-state index contributed by atoms with van der Waals surface area (Å²) < 4.78 is 40.1. The van der Waals surface area contributed by atoms with Gasteiger partial charge in [0.25, 0.3) is 5.91 Å². The van der Waals surface area contributed by atoms with Crippen LogP contribution in [0, 0.1) is 0 Å². The topological polar surface area (TPSA) is 73.2 Å². The summed E-state index contributed by atoms with van der Waals surface area (Å²) in [6.07, 6.45) is -2.65. The molecule has 0 saturated carbocycles. The van der Waals surface area contributed by atoms with Crippen molar-refractivity contribution in [3.63, 3.8) is 0 Å². The van der Waals surface area contributed by atoms with E-state index in [2.05, 4.69) is 4.99 Å². The molecule has 0 radical (unpaired) electrons. The lowest BCUT2D eigenvalue weighted by atomic mass is 10.0. The highest BCUT2D eigenvalue weighted by Gasteiger charge is 2.51. The van der Waals surface area contributed by atoms with E-state index < -0.39 is 29.2 Å². The Morgan fingerprint density at radius 3 is 2.44 bits per heavy atom.